The molecule has 3 aromatic rings. The summed E-state index contributed by atoms with van der Waals surface area (Å²) in [6.45, 7) is 6.69. The summed E-state index contributed by atoms with van der Waals surface area (Å²) in [5.74, 6) is -1.76. The van der Waals surface area contributed by atoms with Crippen molar-refractivity contribution in [2.75, 3.05) is 4.72 Å². The van der Waals surface area contributed by atoms with Crippen molar-refractivity contribution in [2.45, 2.75) is 39.0 Å². The van der Waals surface area contributed by atoms with Crippen LogP contribution in [-0.2, 0) is 16.4 Å². The number of halogens is 1. The average Bonchev–Trinajstić information content (AvgIpc) is 3.28. The van der Waals surface area contributed by atoms with Crippen LogP contribution in [0.3, 0.4) is 0 Å². The zero-order chi connectivity index (χ0) is 23.1. The van der Waals surface area contributed by atoms with Crippen LogP contribution in [0, 0.1) is 27.7 Å². The van der Waals surface area contributed by atoms with Gasteiger partial charge in [0, 0.05) is 6.42 Å². The second-order valence-corrected chi connectivity index (χ2v) is 9.97. The molecule has 0 amide bonds. The van der Waals surface area contributed by atoms with Crippen LogP contribution in [0.1, 0.15) is 48.0 Å². The molecule has 3 rings (SSSR count). The molecule has 0 bridgehead atoms. The Labute approximate surface area is 187 Å². The number of sulfonamides is 1. The van der Waals surface area contributed by atoms with Gasteiger partial charge in [-0.2, -0.15) is 0 Å². The van der Waals surface area contributed by atoms with Crippen molar-refractivity contribution in [2.24, 2.45) is 0 Å². The van der Waals surface area contributed by atoms with Crippen LogP contribution in [0.4, 0.5) is 5.88 Å². The van der Waals surface area contributed by atoms with Crippen molar-refractivity contribution in [1.82, 2.24) is 5.16 Å². The third-order valence-corrected chi connectivity index (χ3v) is 7.78. The lowest BCUT2D eigenvalue weighted by Gasteiger charge is -2.15. The number of carboxylic acids is 1. The number of carbonyl (C=O) groups excluding carboxylic acids is 1. The predicted octanol–water partition coefficient (Wildman–Crippen LogP) is 4.55. The molecule has 1 aromatic carbocycles. The number of nitrogens with zero attached hydrogens (tertiary/aromatic N) is 1. The number of anilines is 1. The van der Waals surface area contributed by atoms with Crippen LogP contribution in [0.25, 0.3) is 0 Å². The third kappa shape index (κ3) is 4.36. The number of carboxylic acid groups (broad SMARTS) is 1. The van der Waals surface area contributed by atoms with E-state index in [0.29, 0.717) is 22.4 Å². The van der Waals surface area contributed by atoms with Gasteiger partial charge in [0.25, 0.3) is 15.9 Å². The lowest BCUT2D eigenvalue weighted by atomic mass is 9.90. The van der Waals surface area contributed by atoms with E-state index in [4.69, 9.17) is 16.1 Å². The van der Waals surface area contributed by atoms with Gasteiger partial charge < -0.3 is 9.63 Å². The molecule has 0 saturated carbocycles. The molecule has 0 radical (unpaired) electrons. The highest BCUT2D eigenvalue weighted by Crippen LogP contribution is 2.31. The number of thiophene rings is 1. The Hall–Kier alpha value is -2.69. The minimum Gasteiger partial charge on any atom is -0.478 e. The van der Waals surface area contributed by atoms with Crippen LogP contribution in [0.15, 0.2) is 26.9 Å². The lowest BCUT2D eigenvalue weighted by molar-refractivity contribution is 0.0694. The molecule has 2 aromatic heterocycles. The molecule has 2 heterocycles. The Bertz CT molecular complexity index is 1310. The average molecular weight is 483 g/mol. The fourth-order valence-electron chi connectivity index (χ4n) is 3.38. The largest absolute Gasteiger partial charge is 0.478 e. The number of aromatic nitrogens is 1. The Balaban J connectivity index is 1.96. The van der Waals surface area contributed by atoms with Gasteiger partial charge in [0.2, 0.25) is 0 Å². The first kappa shape index (κ1) is 23.0. The minimum atomic E-state index is -4.17. The van der Waals surface area contributed by atoms with Crippen molar-refractivity contribution in [3.05, 3.63) is 60.9 Å². The molecule has 0 aliphatic rings. The molecule has 0 aliphatic carbocycles. The summed E-state index contributed by atoms with van der Waals surface area (Å²) in [4.78, 5) is 24.5. The van der Waals surface area contributed by atoms with Crippen molar-refractivity contribution in [3.63, 3.8) is 0 Å². The standard InChI is InChI=1S/C20H19ClN2O6S2/c1-9-7-10(2)16(20(25)26)11(3)13(9)8-14(24)18-15(5-6-30-18)31(27,28)23-19-17(21)12(4)22-29-19/h5-7,23H,8H2,1-4H3,(H,25,26). The summed E-state index contributed by atoms with van der Waals surface area (Å²) in [6.07, 6.45) is -0.135. The molecule has 0 aliphatic heterocycles. The number of ketones is 1. The van der Waals surface area contributed by atoms with Crippen molar-refractivity contribution in [3.8, 4) is 0 Å². The first-order valence-corrected chi connectivity index (χ1v) is 11.8. The van der Waals surface area contributed by atoms with Crippen molar-refractivity contribution >= 4 is 50.6 Å². The molecule has 0 saturated heterocycles. The number of hydrogen-bond donors (Lipinski definition) is 2. The van der Waals surface area contributed by atoms with Crippen LogP contribution in [0.2, 0.25) is 5.02 Å². The van der Waals surface area contributed by atoms with Crippen LogP contribution in [0.5, 0.6) is 0 Å². The Morgan fingerprint density at radius 2 is 1.90 bits per heavy atom. The summed E-state index contributed by atoms with van der Waals surface area (Å²) in [6, 6.07) is 3.02. The summed E-state index contributed by atoms with van der Waals surface area (Å²) < 4.78 is 32.8. The molecule has 31 heavy (non-hydrogen) atoms. The number of aromatic carboxylic acids is 1. The maximum atomic E-state index is 13.0. The monoisotopic (exact) mass is 482 g/mol. The van der Waals surface area contributed by atoms with E-state index in [0.717, 1.165) is 16.9 Å². The number of hydrogen-bond acceptors (Lipinski definition) is 7. The number of nitrogens with one attached hydrogen (secondary N) is 1. The maximum absolute atomic E-state index is 13.0. The molecule has 8 nitrogen and oxygen atoms in total. The fourth-order valence-corrected chi connectivity index (χ4v) is 5.94. The van der Waals surface area contributed by atoms with E-state index in [1.54, 1.807) is 33.8 Å². The zero-order valence-corrected chi connectivity index (χ0v) is 19.5. The van der Waals surface area contributed by atoms with Crippen molar-refractivity contribution < 1.29 is 27.6 Å². The van der Waals surface area contributed by atoms with Crippen LogP contribution in [-0.4, -0.2) is 30.4 Å². The second-order valence-electron chi connectivity index (χ2n) is 7.02. The van der Waals surface area contributed by atoms with Gasteiger partial charge in [0.15, 0.2) is 5.78 Å². The molecular weight excluding hydrogens is 464 g/mol. The Kier molecular flexibility index (Phi) is 6.26. The van der Waals surface area contributed by atoms with E-state index in [-0.39, 0.29) is 32.7 Å². The normalized spacial score (nSPS) is 11.5. The van der Waals surface area contributed by atoms with Crippen LogP contribution >= 0.6 is 22.9 Å². The molecule has 2 N–H and O–H groups in total. The van der Waals surface area contributed by atoms with Gasteiger partial charge in [0.05, 0.1) is 10.4 Å². The van der Waals surface area contributed by atoms with Gasteiger partial charge >= 0.3 is 5.97 Å². The maximum Gasteiger partial charge on any atom is 0.336 e. The number of aryl methyl sites for hydroxylation is 3. The molecule has 0 fully saturated rings. The predicted molar refractivity (Wildman–Crippen MR) is 117 cm³/mol. The quantitative estimate of drug-likeness (QED) is 0.473. The summed E-state index contributed by atoms with van der Waals surface area (Å²) in [7, 11) is -4.17. The van der Waals surface area contributed by atoms with Gasteiger partial charge in [-0.1, -0.05) is 22.8 Å². The van der Waals surface area contributed by atoms with E-state index >= 15 is 0 Å². The number of rotatable bonds is 7. The molecule has 164 valence electrons. The van der Waals surface area contributed by atoms with E-state index in [1.807, 2.05) is 0 Å². The lowest BCUT2D eigenvalue weighted by Crippen LogP contribution is -2.17. The first-order valence-electron chi connectivity index (χ1n) is 9.02. The van der Waals surface area contributed by atoms with Gasteiger partial charge in [-0.15, -0.1) is 11.3 Å². The number of carbonyl (C=O) groups is 2. The number of benzene rings is 1. The molecular formula is C20H19ClN2O6S2. The van der Waals surface area contributed by atoms with Crippen molar-refractivity contribution in [1.29, 1.82) is 0 Å². The van der Waals surface area contributed by atoms with Gasteiger partial charge in [-0.3, -0.25) is 4.79 Å². The highest BCUT2D eigenvalue weighted by molar-refractivity contribution is 7.93. The SMILES string of the molecule is Cc1cc(C)c(C(=O)O)c(C)c1CC(=O)c1sccc1S(=O)(=O)Nc1onc(C)c1Cl. The van der Waals surface area contributed by atoms with Gasteiger partial charge in [-0.05, 0) is 61.4 Å². The molecule has 0 atom stereocenters. The van der Waals surface area contributed by atoms with Gasteiger partial charge in [0.1, 0.15) is 15.6 Å². The smallest absolute Gasteiger partial charge is 0.336 e. The molecule has 0 spiro atoms. The Morgan fingerprint density at radius 3 is 2.48 bits per heavy atom. The third-order valence-electron chi connectivity index (χ3n) is 4.87. The van der Waals surface area contributed by atoms with Crippen LogP contribution < -0.4 is 4.72 Å². The van der Waals surface area contributed by atoms with E-state index in [1.165, 1.54) is 11.4 Å². The van der Waals surface area contributed by atoms with Gasteiger partial charge in [-0.25, -0.2) is 17.9 Å². The Morgan fingerprint density at radius 1 is 1.23 bits per heavy atom. The minimum absolute atomic E-state index is 0.0242. The fraction of sp³-hybridized carbons (Fsp3) is 0.250. The van der Waals surface area contributed by atoms with E-state index in [2.05, 4.69) is 9.88 Å². The zero-order valence-electron chi connectivity index (χ0n) is 17.1. The highest BCUT2D eigenvalue weighted by Gasteiger charge is 2.28. The first-order chi connectivity index (χ1) is 14.4. The molecule has 0 unspecified atom stereocenters. The topological polar surface area (TPSA) is 127 Å². The molecule has 11 heteroatoms. The summed E-state index contributed by atoms with van der Waals surface area (Å²) >= 11 is 6.96. The highest BCUT2D eigenvalue weighted by atomic mass is 35.5. The van der Waals surface area contributed by atoms with E-state index < -0.39 is 21.8 Å². The summed E-state index contributed by atoms with van der Waals surface area (Å²) in [5.41, 5.74) is 2.87. The second kappa shape index (κ2) is 8.45. The number of Topliss-reactive ketones (excluding diaryl/α,β-unsaturated/α-hetero) is 1. The summed E-state index contributed by atoms with van der Waals surface area (Å²) in [5, 5.41) is 14.6. The van der Waals surface area contributed by atoms with E-state index in [9.17, 15) is 23.1 Å².